The lowest BCUT2D eigenvalue weighted by atomic mass is 9.85. The van der Waals surface area contributed by atoms with Crippen LogP contribution < -0.4 is 5.32 Å². The van der Waals surface area contributed by atoms with Crippen LogP contribution in [0.15, 0.2) is 0 Å². The van der Waals surface area contributed by atoms with Crippen molar-refractivity contribution in [3.05, 3.63) is 0 Å². The second-order valence-electron chi connectivity index (χ2n) is 6.58. The van der Waals surface area contributed by atoms with E-state index in [4.69, 9.17) is 4.74 Å². The average molecular weight is 254 g/mol. The first-order chi connectivity index (χ1) is 8.46. The van der Waals surface area contributed by atoms with Gasteiger partial charge in [0.05, 0.1) is 0 Å². The molecule has 2 unspecified atom stereocenters. The zero-order valence-corrected chi connectivity index (χ0v) is 11.9. The number of nitrogens with one attached hydrogen (secondary N) is 1. The highest BCUT2D eigenvalue weighted by Gasteiger charge is 2.32. The molecule has 1 N–H and O–H groups in total. The van der Waals surface area contributed by atoms with Gasteiger partial charge in [-0.25, -0.2) is 4.79 Å². The molecular weight excluding hydrogens is 228 g/mol. The van der Waals surface area contributed by atoms with E-state index in [9.17, 15) is 4.79 Å². The lowest BCUT2D eigenvalue weighted by Crippen LogP contribution is -2.44. The van der Waals surface area contributed by atoms with Crippen molar-refractivity contribution in [1.82, 2.24) is 10.2 Å². The van der Waals surface area contributed by atoms with Crippen LogP contribution in [0.1, 0.15) is 40.0 Å². The molecule has 2 atom stereocenters. The third kappa shape index (κ3) is 3.61. The average Bonchev–Trinajstić information content (AvgIpc) is 2.80. The number of hydrogen-bond acceptors (Lipinski definition) is 3. The molecule has 104 valence electrons. The zero-order valence-electron chi connectivity index (χ0n) is 11.9. The van der Waals surface area contributed by atoms with Gasteiger partial charge in [-0.2, -0.15) is 0 Å². The van der Waals surface area contributed by atoms with Crippen molar-refractivity contribution in [3.63, 3.8) is 0 Å². The molecule has 2 saturated heterocycles. The number of nitrogens with zero attached hydrogens (tertiary/aromatic N) is 1. The minimum absolute atomic E-state index is 0.141. The van der Waals surface area contributed by atoms with Crippen LogP contribution in [0.4, 0.5) is 4.79 Å². The molecule has 0 radical (unpaired) electrons. The monoisotopic (exact) mass is 254 g/mol. The molecule has 0 spiro atoms. The number of carbonyl (C=O) groups excluding carboxylic acids is 1. The third-order valence-electron chi connectivity index (χ3n) is 3.87. The Morgan fingerprint density at radius 2 is 2.06 bits per heavy atom. The van der Waals surface area contributed by atoms with Crippen LogP contribution in [0.3, 0.4) is 0 Å². The van der Waals surface area contributed by atoms with Gasteiger partial charge in [-0.15, -0.1) is 0 Å². The summed E-state index contributed by atoms with van der Waals surface area (Å²) in [7, 11) is 0. The van der Waals surface area contributed by atoms with Gasteiger partial charge >= 0.3 is 6.09 Å². The fourth-order valence-electron chi connectivity index (χ4n) is 2.97. The Bertz CT molecular complexity index is 293. The maximum atomic E-state index is 12.1. The summed E-state index contributed by atoms with van der Waals surface area (Å²) in [5, 5.41) is 3.42. The lowest BCUT2D eigenvalue weighted by molar-refractivity contribution is 0.0135. The molecule has 2 aliphatic rings. The van der Waals surface area contributed by atoms with E-state index in [1.54, 1.807) is 0 Å². The largest absolute Gasteiger partial charge is 0.444 e. The van der Waals surface area contributed by atoms with Gasteiger partial charge in [0.25, 0.3) is 0 Å². The smallest absolute Gasteiger partial charge is 0.410 e. The van der Waals surface area contributed by atoms with E-state index in [-0.39, 0.29) is 11.7 Å². The molecule has 0 aliphatic carbocycles. The molecule has 0 bridgehead atoms. The number of ether oxygens (including phenoxy) is 1. The maximum absolute atomic E-state index is 12.1. The number of likely N-dealkylation sites (tertiary alicyclic amines) is 1. The fraction of sp³-hybridized carbons (Fsp3) is 0.929. The van der Waals surface area contributed by atoms with Crippen LogP contribution in [0.2, 0.25) is 0 Å². The number of amides is 1. The minimum Gasteiger partial charge on any atom is -0.444 e. The first kappa shape index (κ1) is 13.7. The molecule has 0 saturated carbocycles. The highest BCUT2D eigenvalue weighted by atomic mass is 16.6. The van der Waals surface area contributed by atoms with E-state index in [1.165, 1.54) is 12.8 Å². The third-order valence-corrected chi connectivity index (χ3v) is 3.87. The molecule has 0 aromatic carbocycles. The highest BCUT2D eigenvalue weighted by Crippen LogP contribution is 2.28. The molecule has 2 aliphatic heterocycles. The Labute approximate surface area is 110 Å². The molecule has 0 aromatic heterocycles. The Balaban J connectivity index is 1.87. The normalized spacial score (nSPS) is 29.4. The second-order valence-corrected chi connectivity index (χ2v) is 6.58. The predicted molar refractivity (Wildman–Crippen MR) is 71.5 cm³/mol. The van der Waals surface area contributed by atoms with Crippen LogP contribution in [-0.2, 0) is 4.74 Å². The summed E-state index contributed by atoms with van der Waals surface area (Å²) in [6.45, 7) is 9.75. The van der Waals surface area contributed by atoms with Crippen LogP contribution in [0.5, 0.6) is 0 Å². The number of carbonyl (C=O) groups is 1. The first-order valence-corrected chi connectivity index (χ1v) is 7.14. The van der Waals surface area contributed by atoms with Gasteiger partial charge in [0.15, 0.2) is 0 Å². The predicted octanol–water partition coefficient (Wildman–Crippen LogP) is 2.24. The van der Waals surface area contributed by atoms with Crippen LogP contribution >= 0.6 is 0 Å². The quantitative estimate of drug-likeness (QED) is 0.780. The van der Waals surface area contributed by atoms with Gasteiger partial charge in [-0.1, -0.05) is 0 Å². The summed E-state index contributed by atoms with van der Waals surface area (Å²) >= 11 is 0. The Kier molecular flexibility index (Phi) is 4.15. The van der Waals surface area contributed by atoms with Crippen molar-refractivity contribution < 1.29 is 9.53 Å². The van der Waals surface area contributed by atoms with E-state index < -0.39 is 0 Å². The van der Waals surface area contributed by atoms with Crippen molar-refractivity contribution in [3.8, 4) is 0 Å². The summed E-state index contributed by atoms with van der Waals surface area (Å²) in [6.07, 6.45) is 3.48. The summed E-state index contributed by atoms with van der Waals surface area (Å²) in [5.41, 5.74) is -0.390. The second kappa shape index (κ2) is 5.47. The van der Waals surface area contributed by atoms with Crippen LogP contribution in [0, 0.1) is 11.8 Å². The van der Waals surface area contributed by atoms with E-state index in [2.05, 4.69) is 5.32 Å². The van der Waals surface area contributed by atoms with E-state index >= 15 is 0 Å². The first-order valence-electron chi connectivity index (χ1n) is 7.14. The number of piperidine rings is 1. The molecule has 18 heavy (non-hydrogen) atoms. The van der Waals surface area contributed by atoms with Gasteiger partial charge < -0.3 is 15.0 Å². The molecule has 4 nitrogen and oxygen atoms in total. The van der Waals surface area contributed by atoms with Crippen molar-refractivity contribution in [2.24, 2.45) is 11.8 Å². The topological polar surface area (TPSA) is 41.6 Å². The summed E-state index contributed by atoms with van der Waals surface area (Å²) in [4.78, 5) is 14.0. The molecule has 4 heteroatoms. The van der Waals surface area contributed by atoms with E-state index in [0.29, 0.717) is 5.92 Å². The van der Waals surface area contributed by atoms with Crippen LogP contribution in [0.25, 0.3) is 0 Å². The summed E-state index contributed by atoms with van der Waals surface area (Å²) < 4.78 is 5.46. The van der Waals surface area contributed by atoms with Crippen molar-refractivity contribution in [2.75, 3.05) is 26.2 Å². The minimum atomic E-state index is -0.390. The Hall–Kier alpha value is -0.770. The van der Waals surface area contributed by atoms with Crippen molar-refractivity contribution in [2.45, 2.75) is 45.6 Å². The standard InChI is InChI=1S/C14H26N2O2/c1-14(2,3)18-13(17)16-8-4-5-12(10-16)11-6-7-15-9-11/h11-12,15H,4-10H2,1-3H3. The van der Waals surface area contributed by atoms with Gasteiger partial charge in [-0.05, 0) is 65.0 Å². The summed E-state index contributed by atoms with van der Waals surface area (Å²) in [6, 6.07) is 0. The number of hydrogen-bond donors (Lipinski definition) is 1. The molecule has 2 heterocycles. The summed E-state index contributed by atoms with van der Waals surface area (Å²) in [5.74, 6) is 1.40. The van der Waals surface area contributed by atoms with Crippen molar-refractivity contribution in [1.29, 1.82) is 0 Å². The zero-order chi connectivity index (χ0) is 13.2. The van der Waals surface area contributed by atoms with Crippen LogP contribution in [-0.4, -0.2) is 42.8 Å². The van der Waals surface area contributed by atoms with Gasteiger partial charge in [0, 0.05) is 13.1 Å². The molecular formula is C14H26N2O2. The Morgan fingerprint density at radius 1 is 1.28 bits per heavy atom. The Morgan fingerprint density at radius 3 is 2.67 bits per heavy atom. The van der Waals surface area contributed by atoms with E-state index in [0.717, 1.165) is 38.5 Å². The number of rotatable bonds is 1. The lowest BCUT2D eigenvalue weighted by Gasteiger charge is -2.36. The molecule has 2 rings (SSSR count). The van der Waals surface area contributed by atoms with Crippen molar-refractivity contribution >= 4 is 6.09 Å². The van der Waals surface area contributed by atoms with Gasteiger partial charge in [-0.3, -0.25) is 0 Å². The SMILES string of the molecule is CC(C)(C)OC(=O)N1CCCC(C2CCNC2)C1. The highest BCUT2D eigenvalue weighted by molar-refractivity contribution is 5.68. The van der Waals surface area contributed by atoms with Gasteiger partial charge in [0.1, 0.15) is 5.60 Å². The van der Waals surface area contributed by atoms with E-state index in [1.807, 2.05) is 25.7 Å². The molecule has 2 fully saturated rings. The maximum Gasteiger partial charge on any atom is 0.410 e. The molecule has 0 aromatic rings. The molecule has 1 amide bonds. The van der Waals surface area contributed by atoms with Gasteiger partial charge in [0.2, 0.25) is 0 Å². The fourth-order valence-corrected chi connectivity index (χ4v) is 2.97.